The van der Waals surface area contributed by atoms with Crippen LogP contribution in [-0.2, 0) is 0 Å². The van der Waals surface area contributed by atoms with Gasteiger partial charge in [-0.1, -0.05) is 127 Å². The monoisotopic (exact) mass is 642 g/mol. The Balaban J connectivity index is 1.22. The molecule has 0 unspecified atom stereocenters. The quantitative estimate of drug-likeness (QED) is 0.186. The summed E-state index contributed by atoms with van der Waals surface area (Å²) in [6.07, 6.45) is 0. The smallest absolute Gasteiger partial charge is 0.227 e. The Labute approximate surface area is 286 Å². The number of oxazole rings is 1. The van der Waals surface area contributed by atoms with Gasteiger partial charge in [0.1, 0.15) is 16.7 Å². The number of benzene rings is 7. The fourth-order valence-electron chi connectivity index (χ4n) is 6.84. The summed E-state index contributed by atoms with van der Waals surface area (Å²) in [5.41, 5.74) is 8.63. The highest BCUT2D eigenvalue weighted by Gasteiger charge is 2.22. The van der Waals surface area contributed by atoms with Crippen molar-refractivity contribution in [3.63, 3.8) is 0 Å². The molecule has 0 N–H and O–H groups in total. The van der Waals surface area contributed by atoms with Gasteiger partial charge < -0.3 is 8.83 Å². The average Bonchev–Trinajstić information content (AvgIpc) is 3.81. The van der Waals surface area contributed by atoms with Crippen molar-refractivity contribution in [3.8, 4) is 56.7 Å². The summed E-state index contributed by atoms with van der Waals surface area (Å²) in [4.78, 5) is 20.1. The van der Waals surface area contributed by atoms with Gasteiger partial charge in [-0.15, -0.1) is 0 Å². The molecular formula is C44H26N4O2. The van der Waals surface area contributed by atoms with Crippen LogP contribution in [0.3, 0.4) is 0 Å². The van der Waals surface area contributed by atoms with Crippen molar-refractivity contribution >= 4 is 43.8 Å². The Morgan fingerprint density at radius 2 is 0.960 bits per heavy atom. The van der Waals surface area contributed by atoms with E-state index in [1.165, 1.54) is 0 Å². The van der Waals surface area contributed by atoms with Gasteiger partial charge in [0.25, 0.3) is 0 Å². The van der Waals surface area contributed by atoms with E-state index in [1.807, 2.05) is 115 Å². The number of fused-ring (bicyclic) bond motifs is 7. The Morgan fingerprint density at radius 1 is 0.360 bits per heavy atom. The number of hydrogen-bond donors (Lipinski definition) is 0. The second-order valence-corrected chi connectivity index (χ2v) is 12.2. The standard InChI is InChI=1S/C44H26N4O2/c1-4-13-27(14-5-1)31-19-10-11-20-32(31)42-46-41(29-15-6-2-7-16-29)47-43(48-42)34-22-12-21-33-38-36(49-39(33)34)26-24-28-23-25-35-40(37(28)38)50-44(45-35)30-17-8-3-9-18-30/h1-26H. The largest absolute Gasteiger partial charge is 0.455 e. The molecule has 0 radical (unpaired) electrons. The molecule has 0 aliphatic heterocycles. The maximum absolute atomic E-state index is 6.71. The summed E-state index contributed by atoms with van der Waals surface area (Å²) < 4.78 is 13.2. The van der Waals surface area contributed by atoms with Gasteiger partial charge in [-0.05, 0) is 46.8 Å². The van der Waals surface area contributed by atoms with Gasteiger partial charge in [0.15, 0.2) is 23.1 Å². The summed E-state index contributed by atoms with van der Waals surface area (Å²) in [7, 11) is 0. The molecule has 3 aromatic heterocycles. The maximum atomic E-state index is 6.71. The topological polar surface area (TPSA) is 77.8 Å². The predicted octanol–water partition coefficient (Wildman–Crippen LogP) is 11.4. The van der Waals surface area contributed by atoms with Gasteiger partial charge in [0.05, 0.1) is 5.56 Å². The zero-order valence-corrected chi connectivity index (χ0v) is 26.6. The minimum Gasteiger partial charge on any atom is -0.455 e. The maximum Gasteiger partial charge on any atom is 0.227 e. The van der Waals surface area contributed by atoms with E-state index in [-0.39, 0.29) is 0 Å². The van der Waals surface area contributed by atoms with Gasteiger partial charge >= 0.3 is 0 Å². The van der Waals surface area contributed by atoms with E-state index in [0.29, 0.717) is 28.9 Å². The van der Waals surface area contributed by atoms with E-state index < -0.39 is 0 Å². The van der Waals surface area contributed by atoms with E-state index >= 15 is 0 Å². The molecule has 0 atom stereocenters. The van der Waals surface area contributed by atoms with Crippen molar-refractivity contribution in [2.75, 3.05) is 0 Å². The highest BCUT2D eigenvalue weighted by atomic mass is 16.3. The molecule has 3 heterocycles. The van der Waals surface area contributed by atoms with Gasteiger partial charge in [0, 0.05) is 32.8 Å². The SMILES string of the molecule is c1ccc(-c2nc(-c3ccccc3-c3ccccc3)nc(-c3cccc4c3oc3ccc5ccc6nc(-c7ccccc7)oc6c5c34)n2)cc1. The van der Waals surface area contributed by atoms with Crippen molar-refractivity contribution < 1.29 is 8.83 Å². The van der Waals surface area contributed by atoms with Crippen LogP contribution in [0.4, 0.5) is 0 Å². The molecule has 0 spiro atoms. The van der Waals surface area contributed by atoms with Crippen molar-refractivity contribution in [1.82, 2.24) is 19.9 Å². The number of para-hydroxylation sites is 1. The van der Waals surface area contributed by atoms with Crippen LogP contribution >= 0.6 is 0 Å². The first-order chi connectivity index (χ1) is 24.8. The first-order valence-electron chi connectivity index (χ1n) is 16.5. The van der Waals surface area contributed by atoms with E-state index in [2.05, 4.69) is 42.5 Å². The lowest BCUT2D eigenvalue weighted by Gasteiger charge is -2.12. The van der Waals surface area contributed by atoms with Crippen LogP contribution in [0.25, 0.3) is 101 Å². The first-order valence-corrected chi connectivity index (χ1v) is 16.5. The van der Waals surface area contributed by atoms with Gasteiger partial charge in [-0.3, -0.25) is 0 Å². The summed E-state index contributed by atoms with van der Waals surface area (Å²) >= 11 is 0. The molecule has 50 heavy (non-hydrogen) atoms. The third kappa shape index (κ3) is 4.58. The predicted molar refractivity (Wildman–Crippen MR) is 199 cm³/mol. The number of hydrogen-bond acceptors (Lipinski definition) is 6. The molecule has 0 aliphatic rings. The minimum absolute atomic E-state index is 0.529. The Bertz CT molecular complexity index is 2860. The Hall–Kier alpha value is -6.92. The van der Waals surface area contributed by atoms with Gasteiger partial charge in [-0.2, -0.15) is 0 Å². The number of aromatic nitrogens is 4. The van der Waals surface area contributed by atoms with Crippen LogP contribution < -0.4 is 0 Å². The molecule has 0 fully saturated rings. The fraction of sp³-hybridized carbons (Fsp3) is 0. The first kappa shape index (κ1) is 28.1. The van der Waals surface area contributed by atoms with Crippen LogP contribution in [0.2, 0.25) is 0 Å². The molecule has 6 nitrogen and oxygen atoms in total. The third-order valence-corrected chi connectivity index (χ3v) is 9.18. The summed E-state index contributed by atoms with van der Waals surface area (Å²) in [5, 5.41) is 3.91. The number of nitrogens with zero attached hydrogens (tertiary/aromatic N) is 4. The van der Waals surface area contributed by atoms with Crippen molar-refractivity contribution in [1.29, 1.82) is 0 Å². The molecule has 0 aliphatic carbocycles. The van der Waals surface area contributed by atoms with Crippen molar-refractivity contribution in [2.24, 2.45) is 0 Å². The molecule has 0 saturated heterocycles. The lowest BCUT2D eigenvalue weighted by Crippen LogP contribution is -2.01. The van der Waals surface area contributed by atoms with Crippen LogP contribution in [0, 0.1) is 0 Å². The van der Waals surface area contributed by atoms with Crippen LogP contribution in [0.15, 0.2) is 167 Å². The third-order valence-electron chi connectivity index (χ3n) is 9.18. The van der Waals surface area contributed by atoms with Gasteiger partial charge in [0.2, 0.25) is 5.89 Å². The van der Waals surface area contributed by atoms with E-state index in [0.717, 1.165) is 71.6 Å². The highest BCUT2D eigenvalue weighted by molar-refractivity contribution is 6.26. The average molecular weight is 643 g/mol. The van der Waals surface area contributed by atoms with E-state index in [1.54, 1.807) is 0 Å². The lowest BCUT2D eigenvalue weighted by atomic mass is 9.99. The van der Waals surface area contributed by atoms with Crippen LogP contribution in [0.1, 0.15) is 0 Å². The molecule has 0 saturated carbocycles. The minimum atomic E-state index is 0.529. The summed E-state index contributed by atoms with van der Waals surface area (Å²) in [6.45, 7) is 0. The molecule has 7 aromatic carbocycles. The molecule has 6 heteroatoms. The van der Waals surface area contributed by atoms with Crippen molar-refractivity contribution in [3.05, 3.63) is 158 Å². The molecular weight excluding hydrogens is 617 g/mol. The van der Waals surface area contributed by atoms with E-state index in [9.17, 15) is 0 Å². The molecule has 0 bridgehead atoms. The number of furan rings is 1. The molecule has 10 rings (SSSR count). The van der Waals surface area contributed by atoms with Crippen molar-refractivity contribution in [2.45, 2.75) is 0 Å². The second kappa shape index (κ2) is 11.4. The molecule has 0 amide bonds. The Kier molecular flexibility index (Phi) is 6.39. The highest BCUT2D eigenvalue weighted by Crippen LogP contribution is 2.42. The van der Waals surface area contributed by atoms with Crippen LogP contribution in [0.5, 0.6) is 0 Å². The Morgan fingerprint density at radius 3 is 1.72 bits per heavy atom. The van der Waals surface area contributed by atoms with Crippen LogP contribution in [-0.4, -0.2) is 19.9 Å². The zero-order chi connectivity index (χ0) is 33.0. The fourth-order valence-corrected chi connectivity index (χ4v) is 6.84. The number of rotatable bonds is 5. The normalized spacial score (nSPS) is 11.6. The molecule has 234 valence electrons. The summed E-state index contributed by atoms with van der Waals surface area (Å²) in [6, 6.07) is 52.9. The second-order valence-electron chi connectivity index (χ2n) is 12.2. The lowest BCUT2D eigenvalue weighted by molar-refractivity contribution is 0.623. The zero-order valence-electron chi connectivity index (χ0n) is 26.6. The van der Waals surface area contributed by atoms with E-state index in [4.69, 9.17) is 28.8 Å². The van der Waals surface area contributed by atoms with Gasteiger partial charge in [-0.25, -0.2) is 19.9 Å². The summed E-state index contributed by atoms with van der Waals surface area (Å²) in [5.74, 6) is 2.29. The molecule has 10 aromatic rings.